The number of rotatable bonds is 3. The van der Waals surface area contributed by atoms with E-state index < -0.39 is 5.60 Å². The number of nitrogens with zero attached hydrogens (tertiary/aromatic N) is 3. The van der Waals surface area contributed by atoms with E-state index in [1.54, 1.807) is 11.0 Å². The molecule has 0 unspecified atom stereocenters. The largest absolute Gasteiger partial charge is 0.505 e. The first-order valence-electron chi connectivity index (χ1n) is 6.72. The standard InChI is InChI=1S/C14H21N3O3/c1-16(2)9-14(20)6-4-8-17(10-14)13(19)12-11(18)5-3-7-15-12/h3,5,7,18,20H,4,6,8-10H2,1-2H3/t14-/m0/s1. The summed E-state index contributed by atoms with van der Waals surface area (Å²) in [7, 11) is 3.78. The van der Waals surface area contributed by atoms with Crippen LogP contribution in [-0.4, -0.2) is 70.2 Å². The highest BCUT2D eigenvalue weighted by molar-refractivity contribution is 5.94. The van der Waals surface area contributed by atoms with Gasteiger partial charge in [-0.2, -0.15) is 0 Å². The Morgan fingerprint density at radius 3 is 2.95 bits per heavy atom. The summed E-state index contributed by atoms with van der Waals surface area (Å²) in [4.78, 5) is 19.8. The second-order valence-electron chi connectivity index (χ2n) is 5.66. The molecule has 1 aromatic heterocycles. The highest BCUT2D eigenvalue weighted by Crippen LogP contribution is 2.24. The van der Waals surface area contributed by atoms with Gasteiger partial charge in [0.15, 0.2) is 5.69 Å². The van der Waals surface area contributed by atoms with Crippen LogP contribution in [0.2, 0.25) is 0 Å². The Bertz CT molecular complexity index is 492. The molecule has 1 aromatic rings. The van der Waals surface area contributed by atoms with Gasteiger partial charge < -0.3 is 20.0 Å². The number of carbonyl (C=O) groups excluding carboxylic acids is 1. The molecule has 0 saturated carbocycles. The molecule has 0 aliphatic carbocycles. The molecule has 1 saturated heterocycles. The first-order valence-corrected chi connectivity index (χ1v) is 6.72. The Balaban J connectivity index is 2.13. The van der Waals surface area contributed by atoms with Gasteiger partial charge in [0.25, 0.3) is 5.91 Å². The number of likely N-dealkylation sites (tertiary alicyclic amines) is 1. The fraction of sp³-hybridized carbons (Fsp3) is 0.571. The molecule has 1 aliphatic heterocycles. The lowest BCUT2D eigenvalue weighted by Gasteiger charge is -2.40. The fourth-order valence-electron chi connectivity index (χ4n) is 2.71. The van der Waals surface area contributed by atoms with E-state index in [2.05, 4.69) is 4.98 Å². The van der Waals surface area contributed by atoms with Crippen LogP contribution in [0.25, 0.3) is 0 Å². The van der Waals surface area contributed by atoms with E-state index in [9.17, 15) is 15.0 Å². The van der Waals surface area contributed by atoms with Gasteiger partial charge in [0, 0.05) is 19.3 Å². The van der Waals surface area contributed by atoms with E-state index in [0.29, 0.717) is 19.5 Å². The molecule has 2 rings (SSSR count). The molecule has 2 N–H and O–H groups in total. The number of aliphatic hydroxyl groups is 1. The summed E-state index contributed by atoms with van der Waals surface area (Å²) in [5.41, 5.74) is -0.858. The van der Waals surface area contributed by atoms with Gasteiger partial charge in [-0.25, -0.2) is 4.98 Å². The zero-order valence-electron chi connectivity index (χ0n) is 11.9. The number of piperidine rings is 1. The Labute approximate surface area is 118 Å². The van der Waals surface area contributed by atoms with Gasteiger partial charge in [-0.3, -0.25) is 4.79 Å². The number of amides is 1. The summed E-state index contributed by atoms with van der Waals surface area (Å²) in [5, 5.41) is 20.3. The monoisotopic (exact) mass is 279 g/mol. The van der Waals surface area contributed by atoms with Crippen molar-refractivity contribution in [2.75, 3.05) is 33.7 Å². The maximum atomic E-state index is 12.4. The highest BCUT2D eigenvalue weighted by atomic mass is 16.3. The maximum Gasteiger partial charge on any atom is 0.276 e. The minimum atomic E-state index is -0.901. The van der Waals surface area contributed by atoms with Crippen molar-refractivity contribution in [2.45, 2.75) is 18.4 Å². The van der Waals surface area contributed by atoms with Crippen molar-refractivity contribution in [3.05, 3.63) is 24.0 Å². The van der Waals surface area contributed by atoms with Crippen LogP contribution in [0.15, 0.2) is 18.3 Å². The van der Waals surface area contributed by atoms with E-state index >= 15 is 0 Å². The number of carbonyl (C=O) groups is 1. The topological polar surface area (TPSA) is 76.9 Å². The summed E-state index contributed by atoms with van der Waals surface area (Å²) in [6.45, 7) is 1.34. The number of hydrogen-bond donors (Lipinski definition) is 2. The predicted molar refractivity (Wildman–Crippen MR) is 74.5 cm³/mol. The van der Waals surface area contributed by atoms with Crippen LogP contribution in [0.5, 0.6) is 5.75 Å². The Kier molecular flexibility index (Phi) is 4.25. The van der Waals surface area contributed by atoms with E-state index in [1.165, 1.54) is 12.3 Å². The molecule has 6 nitrogen and oxygen atoms in total. The van der Waals surface area contributed by atoms with Crippen LogP contribution in [-0.2, 0) is 0 Å². The van der Waals surface area contributed by atoms with Crippen LogP contribution in [0.4, 0.5) is 0 Å². The lowest BCUT2D eigenvalue weighted by atomic mass is 9.92. The molecule has 20 heavy (non-hydrogen) atoms. The Morgan fingerprint density at radius 2 is 2.30 bits per heavy atom. The summed E-state index contributed by atoms with van der Waals surface area (Å²) in [5.74, 6) is -0.459. The van der Waals surface area contributed by atoms with Gasteiger partial charge in [-0.05, 0) is 39.1 Å². The van der Waals surface area contributed by atoms with Crippen molar-refractivity contribution < 1.29 is 15.0 Å². The van der Waals surface area contributed by atoms with Crippen molar-refractivity contribution in [2.24, 2.45) is 0 Å². The Morgan fingerprint density at radius 1 is 1.55 bits per heavy atom. The third-order valence-electron chi connectivity index (χ3n) is 3.44. The van der Waals surface area contributed by atoms with E-state index in [-0.39, 0.29) is 23.9 Å². The molecule has 0 aromatic carbocycles. The molecule has 1 atom stereocenters. The average molecular weight is 279 g/mol. The molecule has 2 heterocycles. The first-order chi connectivity index (χ1) is 9.41. The van der Waals surface area contributed by atoms with E-state index in [0.717, 1.165) is 6.42 Å². The molecule has 110 valence electrons. The van der Waals surface area contributed by atoms with Crippen LogP contribution < -0.4 is 0 Å². The van der Waals surface area contributed by atoms with E-state index in [4.69, 9.17) is 0 Å². The number of aromatic hydroxyl groups is 1. The molecule has 1 fully saturated rings. The third-order valence-corrected chi connectivity index (χ3v) is 3.44. The summed E-state index contributed by atoms with van der Waals surface area (Å²) in [6, 6.07) is 3.01. The normalized spacial score (nSPS) is 23.1. The zero-order valence-corrected chi connectivity index (χ0v) is 11.9. The van der Waals surface area contributed by atoms with Crippen molar-refractivity contribution in [1.82, 2.24) is 14.8 Å². The summed E-state index contributed by atoms with van der Waals surface area (Å²) >= 11 is 0. The van der Waals surface area contributed by atoms with E-state index in [1.807, 2.05) is 19.0 Å². The maximum absolute atomic E-state index is 12.4. The van der Waals surface area contributed by atoms with Gasteiger partial charge in [-0.15, -0.1) is 0 Å². The molecule has 1 amide bonds. The van der Waals surface area contributed by atoms with Crippen LogP contribution in [0.3, 0.4) is 0 Å². The minimum absolute atomic E-state index is 0.0432. The molecular formula is C14H21N3O3. The smallest absolute Gasteiger partial charge is 0.276 e. The number of pyridine rings is 1. The molecule has 6 heteroatoms. The number of hydrogen-bond acceptors (Lipinski definition) is 5. The number of likely N-dealkylation sites (N-methyl/N-ethyl adjacent to an activating group) is 1. The number of aromatic nitrogens is 1. The van der Waals surface area contributed by atoms with Crippen molar-refractivity contribution in [3.63, 3.8) is 0 Å². The minimum Gasteiger partial charge on any atom is -0.505 e. The summed E-state index contributed by atoms with van der Waals surface area (Å²) < 4.78 is 0. The van der Waals surface area contributed by atoms with Gasteiger partial charge in [-0.1, -0.05) is 0 Å². The van der Waals surface area contributed by atoms with Crippen LogP contribution in [0, 0.1) is 0 Å². The fourth-order valence-corrected chi connectivity index (χ4v) is 2.71. The molecule has 1 aliphatic rings. The molecule has 0 spiro atoms. The quantitative estimate of drug-likeness (QED) is 0.833. The van der Waals surface area contributed by atoms with Crippen LogP contribution >= 0.6 is 0 Å². The van der Waals surface area contributed by atoms with Gasteiger partial charge in [0.05, 0.1) is 12.1 Å². The predicted octanol–water partition coefficient (Wildman–Crippen LogP) is 0.316. The van der Waals surface area contributed by atoms with Gasteiger partial charge in [0.1, 0.15) is 5.75 Å². The van der Waals surface area contributed by atoms with Gasteiger partial charge in [0.2, 0.25) is 0 Å². The molecule has 0 radical (unpaired) electrons. The van der Waals surface area contributed by atoms with Crippen molar-refractivity contribution in [1.29, 1.82) is 0 Å². The highest BCUT2D eigenvalue weighted by Gasteiger charge is 2.36. The first kappa shape index (κ1) is 14.7. The summed E-state index contributed by atoms with van der Waals surface area (Å²) in [6.07, 6.45) is 2.88. The van der Waals surface area contributed by atoms with Crippen molar-refractivity contribution >= 4 is 5.91 Å². The second kappa shape index (κ2) is 5.76. The lowest BCUT2D eigenvalue weighted by molar-refractivity contribution is -0.0393. The lowest BCUT2D eigenvalue weighted by Crippen LogP contribution is -2.54. The van der Waals surface area contributed by atoms with Gasteiger partial charge >= 0.3 is 0 Å². The van der Waals surface area contributed by atoms with Crippen molar-refractivity contribution in [3.8, 4) is 5.75 Å². The average Bonchev–Trinajstić information content (AvgIpc) is 2.37. The molecule has 0 bridgehead atoms. The molecular weight excluding hydrogens is 258 g/mol. The SMILES string of the molecule is CN(C)C[C@@]1(O)CCCN(C(=O)c2ncccc2O)C1. The Hall–Kier alpha value is -1.66. The second-order valence-corrected chi connectivity index (χ2v) is 5.66. The number of β-amino-alcohol motifs (C(OH)–C–C–N with tert-alkyl or cyclic N) is 1. The van der Waals surface area contributed by atoms with Crippen LogP contribution in [0.1, 0.15) is 23.3 Å². The third kappa shape index (κ3) is 3.26. The zero-order chi connectivity index (χ0) is 14.8.